The Morgan fingerprint density at radius 1 is 0.412 bits per heavy atom. The number of benzene rings is 4. The number of rotatable bonds is 33. The van der Waals surface area contributed by atoms with Gasteiger partial charge in [-0.3, -0.25) is 19.2 Å². The number of nitrogens with zero attached hydrogens (tertiary/aromatic N) is 1. The van der Waals surface area contributed by atoms with Crippen molar-refractivity contribution in [1.29, 1.82) is 0 Å². The molecule has 2 unspecified atom stereocenters. The number of ether oxygens (including phenoxy) is 5. The van der Waals surface area contributed by atoms with E-state index in [4.69, 9.17) is 23.7 Å². The first kappa shape index (κ1) is 55.3. The van der Waals surface area contributed by atoms with Gasteiger partial charge in [0, 0.05) is 32.3 Å². The molecule has 2 atom stereocenters. The van der Waals surface area contributed by atoms with Gasteiger partial charge in [-0.05, 0) is 123 Å². The lowest BCUT2D eigenvalue weighted by Gasteiger charge is -2.32. The van der Waals surface area contributed by atoms with Gasteiger partial charge in [-0.1, -0.05) is 150 Å². The second-order valence-corrected chi connectivity index (χ2v) is 18.2. The van der Waals surface area contributed by atoms with E-state index in [0.717, 1.165) is 73.6 Å². The van der Waals surface area contributed by atoms with Gasteiger partial charge in [0.25, 0.3) is 0 Å². The van der Waals surface area contributed by atoms with E-state index in [-0.39, 0.29) is 45.5 Å². The molecule has 0 aliphatic heterocycles. The van der Waals surface area contributed by atoms with Crippen molar-refractivity contribution in [3.05, 3.63) is 142 Å². The van der Waals surface area contributed by atoms with E-state index in [1.165, 1.54) is 22.3 Å². The van der Waals surface area contributed by atoms with E-state index in [2.05, 4.69) is 76.2 Å². The molecule has 0 aliphatic rings. The Bertz CT molecular complexity index is 1900. The number of carbonyl (C=O) groups is 4. The van der Waals surface area contributed by atoms with E-state index in [9.17, 15) is 19.2 Å². The maximum Gasteiger partial charge on any atom is 0.306 e. The molecule has 4 rings (SSSR count). The number of hydrogen-bond acceptors (Lipinski definition) is 10. The predicted molar refractivity (Wildman–Crippen MR) is 270 cm³/mol. The third kappa shape index (κ3) is 21.8. The Morgan fingerprint density at radius 3 is 0.941 bits per heavy atom. The summed E-state index contributed by atoms with van der Waals surface area (Å²) >= 11 is 0. The highest BCUT2D eigenvalue weighted by atomic mass is 16.6. The molecule has 0 heterocycles. The SMILES string of the molecule is CCCc1ccc(CCC(=O)OCC(OC(=O)CCc2ccc(CCC)cc2)C(OCCCN(C)C)C(COC(=O)CCc2ccc(CCC)cc2)OC(=O)CCc2ccc(CCC)cc2)cc1. The molecule has 0 spiro atoms. The van der Waals surface area contributed by atoms with Crippen LogP contribution in [0.4, 0.5) is 0 Å². The molecule has 0 aliphatic carbocycles. The molecule has 0 N–H and O–H groups in total. The minimum Gasteiger partial charge on any atom is -0.462 e. The normalized spacial score (nSPS) is 12.6. The van der Waals surface area contributed by atoms with Gasteiger partial charge in [0.05, 0.1) is 0 Å². The molecule has 0 radical (unpaired) electrons. The number of aryl methyl sites for hydroxylation is 8. The van der Waals surface area contributed by atoms with Gasteiger partial charge in [0.1, 0.15) is 19.3 Å². The highest BCUT2D eigenvalue weighted by Crippen LogP contribution is 2.20. The molecule has 10 heteroatoms. The average molecular weight is 934 g/mol. The molecular formula is C58H79NO9. The molecule has 0 saturated carbocycles. The van der Waals surface area contributed by atoms with Gasteiger partial charge in [-0.2, -0.15) is 0 Å². The Morgan fingerprint density at radius 2 is 0.676 bits per heavy atom. The van der Waals surface area contributed by atoms with E-state index in [0.29, 0.717) is 38.6 Å². The number of esters is 4. The van der Waals surface area contributed by atoms with Crippen LogP contribution in [0.1, 0.15) is 130 Å². The second-order valence-electron chi connectivity index (χ2n) is 18.2. The Balaban J connectivity index is 1.59. The maximum atomic E-state index is 13.8. The fraction of sp³-hybridized carbons (Fsp3) is 0.517. The van der Waals surface area contributed by atoms with Crippen LogP contribution in [0, 0.1) is 0 Å². The van der Waals surface area contributed by atoms with Gasteiger partial charge in [-0.25, -0.2) is 0 Å². The summed E-state index contributed by atoms with van der Waals surface area (Å²) in [7, 11) is 3.92. The largest absolute Gasteiger partial charge is 0.462 e. The van der Waals surface area contributed by atoms with Gasteiger partial charge >= 0.3 is 23.9 Å². The molecule has 370 valence electrons. The monoisotopic (exact) mass is 934 g/mol. The Hall–Kier alpha value is -5.32. The van der Waals surface area contributed by atoms with Crippen LogP contribution < -0.4 is 0 Å². The van der Waals surface area contributed by atoms with E-state index >= 15 is 0 Å². The molecule has 0 fully saturated rings. The lowest BCUT2D eigenvalue weighted by molar-refractivity contribution is -0.193. The van der Waals surface area contributed by atoms with Crippen molar-refractivity contribution in [3.63, 3.8) is 0 Å². The van der Waals surface area contributed by atoms with Gasteiger partial charge in [0.2, 0.25) is 0 Å². The maximum absolute atomic E-state index is 13.8. The van der Waals surface area contributed by atoms with Crippen LogP contribution >= 0.6 is 0 Å². The molecule has 0 saturated heterocycles. The van der Waals surface area contributed by atoms with E-state index in [1.807, 2.05) is 67.5 Å². The first-order chi connectivity index (χ1) is 33.0. The Kier molecular flexibility index (Phi) is 25.7. The zero-order chi connectivity index (χ0) is 48.9. The zero-order valence-corrected chi connectivity index (χ0v) is 41.9. The quantitative estimate of drug-likeness (QED) is 0.0260. The molecule has 0 bridgehead atoms. The molecule has 0 amide bonds. The number of carbonyl (C=O) groups excluding carboxylic acids is 4. The average Bonchev–Trinajstić information content (AvgIpc) is 3.33. The molecule has 0 aromatic heterocycles. The van der Waals surface area contributed by atoms with Crippen molar-refractivity contribution in [2.75, 3.05) is 40.5 Å². The third-order valence-electron chi connectivity index (χ3n) is 11.9. The highest BCUT2D eigenvalue weighted by molar-refractivity contribution is 5.72. The molecule has 4 aromatic carbocycles. The van der Waals surface area contributed by atoms with Gasteiger partial charge < -0.3 is 28.6 Å². The van der Waals surface area contributed by atoms with Crippen LogP contribution in [-0.2, 0) is 94.2 Å². The van der Waals surface area contributed by atoms with Crippen LogP contribution in [-0.4, -0.2) is 87.5 Å². The van der Waals surface area contributed by atoms with Gasteiger partial charge in [-0.15, -0.1) is 0 Å². The third-order valence-corrected chi connectivity index (χ3v) is 11.9. The summed E-state index contributed by atoms with van der Waals surface area (Å²) in [5, 5.41) is 0. The van der Waals surface area contributed by atoms with Crippen molar-refractivity contribution in [2.45, 2.75) is 155 Å². The van der Waals surface area contributed by atoms with E-state index < -0.39 is 42.2 Å². The minimum atomic E-state index is -1.20. The van der Waals surface area contributed by atoms with Crippen LogP contribution in [0.5, 0.6) is 0 Å². The van der Waals surface area contributed by atoms with Gasteiger partial charge in [0.15, 0.2) is 12.2 Å². The lowest BCUT2D eigenvalue weighted by atomic mass is 10.0. The zero-order valence-electron chi connectivity index (χ0n) is 41.9. The summed E-state index contributed by atoms with van der Waals surface area (Å²) < 4.78 is 30.7. The van der Waals surface area contributed by atoms with Crippen molar-refractivity contribution >= 4 is 23.9 Å². The first-order valence-electron chi connectivity index (χ1n) is 25.3. The van der Waals surface area contributed by atoms with E-state index in [1.54, 1.807) is 0 Å². The topological polar surface area (TPSA) is 118 Å². The summed E-state index contributed by atoms with van der Waals surface area (Å²) in [4.78, 5) is 56.6. The summed E-state index contributed by atoms with van der Waals surface area (Å²) in [6, 6.07) is 32.9. The summed E-state index contributed by atoms with van der Waals surface area (Å²) in [5.74, 6) is -2.02. The second kappa shape index (κ2) is 31.7. The van der Waals surface area contributed by atoms with Crippen LogP contribution in [0.3, 0.4) is 0 Å². The molecule has 68 heavy (non-hydrogen) atoms. The van der Waals surface area contributed by atoms with Crippen molar-refractivity contribution in [2.24, 2.45) is 0 Å². The van der Waals surface area contributed by atoms with Crippen molar-refractivity contribution in [3.8, 4) is 0 Å². The van der Waals surface area contributed by atoms with Crippen LogP contribution in [0.25, 0.3) is 0 Å². The molecule has 4 aromatic rings. The lowest BCUT2D eigenvalue weighted by Crippen LogP contribution is -2.49. The van der Waals surface area contributed by atoms with Crippen LogP contribution in [0.2, 0.25) is 0 Å². The Labute approximate surface area is 407 Å². The van der Waals surface area contributed by atoms with Crippen LogP contribution in [0.15, 0.2) is 97.1 Å². The van der Waals surface area contributed by atoms with Crippen molar-refractivity contribution < 1.29 is 42.9 Å². The standard InChI is InChI=1S/C58H79NO9/c1-7-12-44-16-24-48(25-17-44)32-36-54(60)65-42-52(67-56(62)38-34-50-28-20-46(14-9-3)21-29-50)58(64-41-11-40-59(5)6)53(68-57(63)39-35-51-30-22-47(15-10-4)23-31-51)43-66-55(61)37-33-49-26-18-45(13-8-2)19-27-49/h16-31,52-53,58H,7-15,32-43H2,1-6H3. The predicted octanol–water partition coefficient (Wildman–Crippen LogP) is 10.6. The summed E-state index contributed by atoms with van der Waals surface area (Å²) in [6.07, 6.45) is 7.27. The fourth-order valence-corrected chi connectivity index (χ4v) is 8.03. The first-order valence-corrected chi connectivity index (χ1v) is 25.3. The fourth-order valence-electron chi connectivity index (χ4n) is 8.03. The molecular weight excluding hydrogens is 855 g/mol. The number of hydrogen-bond donors (Lipinski definition) is 0. The summed E-state index contributed by atoms with van der Waals surface area (Å²) in [5.41, 5.74) is 8.94. The molecule has 10 nitrogen and oxygen atoms in total. The van der Waals surface area contributed by atoms with Crippen molar-refractivity contribution in [1.82, 2.24) is 4.90 Å². The summed E-state index contributed by atoms with van der Waals surface area (Å²) in [6.45, 7) is 8.74. The smallest absolute Gasteiger partial charge is 0.306 e. The minimum absolute atomic E-state index is 0.0505. The highest BCUT2D eigenvalue weighted by Gasteiger charge is 2.38.